The van der Waals surface area contributed by atoms with Gasteiger partial charge in [-0.05, 0) is 39.0 Å². The Morgan fingerprint density at radius 1 is 1.28 bits per heavy atom. The molecule has 0 saturated carbocycles. The van der Waals surface area contributed by atoms with Gasteiger partial charge in [0.1, 0.15) is 0 Å². The van der Waals surface area contributed by atoms with Gasteiger partial charge in [0.15, 0.2) is 6.29 Å². The molecule has 2 rings (SSSR count). The number of carbonyl (C=O) groups is 1. The summed E-state index contributed by atoms with van der Waals surface area (Å²) in [4.78, 5) is 12.5. The van der Waals surface area contributed by atoms with Gasteiger partial charge in [-0.3, -0.25) is 4.79 Å². The van der Waals surface area contributed by atoms with E-state index in [2.05, 4.69) is 6.07 Å². The minimum Gasteiger partial charge on any atom is -0.466 e. The van der Waals surface area contributed by atoms with E-state index in [0.717, 1.165) is 63.7 Å². The van der Waals surface area contributed by atoms with Crippen LogP contribution in [0.15, 0.2) is 0 Å². The Morgan fingerprint density at radius 3 is 2.84 bits per heavy atom. The molecule has 0 amide bonds. The average Bonchev–Trinajstić information content (AvgIpc) is 3.01. The first kappa shape index (κ1) is 20.5. The Kier molecular flexibility index (Phi) is 9.67. The van der Waals surface area contributed by atoms with Crippen molar-refractivity contribution in [3.05, 3.63) is 0 Å². The fourth-order valence-corrected chi connectivity index (χ4v) is 5.06. The van der Waals surface area contributed by atoms with Crippen molar-refractivity contribution in [2.24, 2.45) is 5.92 Å². The molecule has 2 heterocycles. The van der Waals surface area contributed by atoms with Gasteiger partial charge in [0.2, 0.25) is 0 Å². The molecule has 0 spiro atoms. The average molecular weight is 370 g/mol. The van der Waals surface area contributed by atoms with Gasteiger partial charge in [-0.25, -0.2) is 0 Å². The predicted octanol–water partition coefficient (Wildman–Crippen LogP) is 4.06. The highest BCUT2D eigenvalue weighted by Crippen LogP contribution is 2.39. The van der Waals surface area contributed by atoms with E-state index in [1.54, 1.807) is 0 Å². The molecule has 4 unspecified atom stereocenters. The largest absolute Gasteiger partial charge is 0.466 e. The molecule has 0 aromatic heterocycles. The Balaban J connectivity index is 1.83. The summed E-state index contributed by atoms with van der Waals surface area (Å²) in [6.07, 6.45) is 8.78. The van der Waals surface area contributed by atoms with Crippen LogP contribution in [0.5, 0.6) is 0 Å². The van der Waals surface area contributed by atoms with Gasteiger partial charge in [0.05, 0.1) is 24.7 Å². The minimum atomic E-state index is -0.186. The molecule has 4 atom stereocenters. The van der Waals surface area contributed by atoms with Crippen molar-refractivity contribution >= 4 is 17.7 Å². The zero-order chi connectivity index (χ0) is 17.9. The van der Waals surface area contributed by atoms with Crippen molar-refractivity contribution in [3.8, 4) is 6.07 Å². The highest BCUT2D eigenvalue weighted by atomic mass is 32.2. The van der Waals surface area contributed by atoms with Crippen molar-refractivity contribution in [1.29, 1.82) is 5.26 Å². The van der Waals surface area contributed by atoms with E-state index in [-0.39, 0.29) is 29.5 Å². The van der Waals surface area contributed by atoms with Crippen LogP contribution in [-0.4, -0.2) is 42.6 Å². The number of ether oxygens (including phenoxy) is 3. The molecule has 2 saturated heterocycles. The zero-order valence-electron chi connectivity index (χ0n) is 15.3. The number of nitrogens with zero attached hydrogens (tertiary/aromatic N) is 1. The summed E-state index contributed by atoms with van der Waals surface area (Å²) in [7, 11) is 0. The molecular weight excluding hydrogens is 338 g/mol. The first-order chi connectivity index (χ1) is 12.3. The Labute approximate surface area is 155 Å². The van der Waals surface area contributed by atoms with E-state index in [1.165, 1.54) is 0 Å². The second-order valence-electron chi connectivity index (χ2n) is 6.73. The molecule has 5 nitrogen and oxygen atoms in total. The summed E-state index contributed by atoms with van der Waals surface area (Å²) >= 11 is 1.84. The quantitative estimate of drug-likeness (QED) is 0.427. The van der Waals surface area contributed by atoms with Crippen LogP contribution in [0.4, 0.5) is 0 Å². The third-order valence-electron chi connectivity index (χ3n) is 4.83. The molecule has 2 fully saturated rings. The lowest BCUT2D eigenvalue weighted by Gasteiger charge is -2.29. The molecule has 0 aliphatic carbocycles. The van der Waals surface area contributed by atoms with E-state index < -0.39 is 0 Å². The monoisotopic (exact) mass is 369 g/mol. The third-order valence-corrected chi connectivity index (χ3v) is 6.30. The second kappa shape index (κ2) is 11.8. The molecule has 142 valence electrons. The highest BCUT2D eigenvalue weighted by molar-refractivity contribution is 8.00. The van der Waals surface area contributed by atoms with Crippen LogP contribution >= 0.6 is 11.8 Å². The summed E-state index contributed by atoms with van der Waals surface area (Å²) < 4.78 is 17.2. The highest BCUT2D eigenvalue weighted by Gasteiger charge is 2.44. The molecule has 6 heteroatoms. The molecule has 25 heavy (non-hydrogen) atoms. The molecule has 0 N–H and O–H groups in total. The molecule has 2 aliphatic heterocycles. The fourth-order valence-electron chi connectivity index (χ4n) is 3.51. The van der Waals surface area contributed by atoms with E-state index in [0.29, 0.717) is 13.0 Å². The number of hydrogen-bond donors (Lipinski definition) is 0. The van der Waals surface area contributed by atoms with Crippen molar-refractivity contribution in [2.75, 3.05) is 19.0 Å². The lowest BCUT2D eigenvalue weighted by atomic mass is 9.95. The van der Waals surface area contributed by atoms with Crippen LogP contribution in [0, 0.1) is 17.2 Å². The number of thioether (sulfide) groups is 1. The molecule has 0 aromatic rings. The maximum atomic E-state index is 12.5. The van der Waals surface area contributed by atoms with Crippen LogP contribution in [-0.2, 0) is 19.0 Å². The molecule has 0 bridgehead atoms. The number of nitriles is 1. The molecule has 0 radical (unpaired) electrons. The SMILES string of the molecule is CCOC(=O)C1C(OC2CCCCO2)CSC1CCCCCCC#N. The summed E-state index contributed by atoms with van der Waals surface area (Å²) in [6.45, 7) is 3.01. The minimum absolute atomic E-state index is 0.101. The van der Waals surface area contributed by atoms with Gasteiger partial charge in [-0.2, -0.15) is 17.0 Å². The fraction of sp³-hybridized carbons (Fsp3) is 0.895. The van der Waals surface area contributed by atoms with Gasteiger partial charge >= 0.3 is 5.97 Å². The normalized spacial score (nSPS) is 29.3. The number of rotatable bonds is 10. The van der Waals surface area contributed by atoms with Gasteiger partial charge in [-0.15, -0.1) is 0 Å². The predicted molar refractivity (Wildman–Crippen MR) is 98.1 cm³/mol. The topological polar surface area (TPSA) is 68.6 Å². The van der Waals surface area contributed by atoms with Gasteiger partial charge in [0.25, 0.3) is 0 Å². The number of carbonyl (C=O) groups excluding carboxylic acids is 1. The number of unbranched alkanes of at least 4 members (excludes halogenated alkanes) is 4. The zero-order valence-corrected chi connectivity index (χ0v) is 16.1. The summed E-state index contributed by atoms with van der Waals surface area (Å²) in [6, 6.07) is 2.19. The van der Waals surface area contributed by atoms with E-state index in [4.69, 9.17) is 19.5 Å². The van der Waals surface area contributed by atoms with Crippen molar-refractivity contribution in [2.45, 2.75) is 82.4 Å². The first-order valence-corrected chi connectivity index (χ1v) is 10.7. The Bertz CT molecular complexity index is 434. The van der Waals surface area contributed by atoms with Crippen LogP contribution in [0.3, 0.4) is 0 Å². The molecule has 2 aliphatic rings. The van der Waals surface area contributed by atoms with E-state index >= 15 is 0 Å². The van der Waals surface area contributed by atoms with Crippen LogP contribution in [0.2, 0.25) is 0 Å². The van der Waals surface area contributed by atoms with Crippen molar-refractivity contribution in [3.63, 3.8) is 0 Å². The maximum Gasteiger partial charge on any atom is 0.312 e. The van der Waals surface area contributed by atoms with E-state index in [1.807, 2.05) is 18.7 Å². The third kappa shape index (κ3) is 6.80. The Morgan fingerprint density at radius 2 is 2.12 bits per heavy atom. The van der Waals surface area contributed by atoms with Crippen LogP contribution < -0.4 is 0 Å². The van der Waals surface area contributed by atoms with Crippen molar-refractivity contribution < 1.29 is 19.0 Å². The number of hydrogen-bond acceptors (Lipinski definition) is 6. The second-order valence-corrected chi connectivity index (χ2v) is 8.00. The smallest absolute Gasteiger partial charge is 0.312 e. The van der Waals surface area contributed by atoms with Gasteiger partial charge in [-0.1, -0.05) is 19.3 Å². The summed E-state index contributed by atoms with van der Waals surface area (Å²) in [5.41, 5.74) is 0. The number of esters is 1. The van der Waals surface area contributed by atoms with Gasteiger partial charge < -0.3 is 14.2 Å². The lowest BCUT2D eigenvalue weighted by Crippen LogP contribution is -2.38. The maximum absolute atomic E-state index is 12.5. The first-order valence-electron chi connectivity index (χ1n) is 9.68. The summed E-state index contributed by atoms with van der Waals surface area (Å²) in [5, 5.41) is 8.84. The van der Waals surface area contributed by atoms with E-state index in [9.17, 15) is 4.79 Å². The lowest BCUT2D eigenvalue weighted by molar-refractivity contribution is -0.197. The van der Waals surface area contributed by atoms with Gasteiger partial charge in [0, 0.05) is 24.0 Å². The Hall–Kier alpha value is -0.770. The standard InChI is InChI=1S/C19H31NO4S/c1-2-22-19(21)18-15(24-17-11-7-9-13-23-17)14-25-16(18)10-6-4-3-5-8-12-20/h15-18H,2-11,13-14H2,1H3. The molecular formula is C19H31NO4S. The van der Waals surface area contributed by atoms with Crippen LogP contribution in [0.1, 0.15) is 64.7 Å². The summed E-state index contributed by atoms with van der Waals surface area (Å²) in [5.74, 6) is 0.528. The van der Waals surface area contributed by atoms with Crippen LogP contribution in [0.25, 0.3) is 0 Å². The van der Waals surface area contributed by atoms with Crippen molar-refractivity contribution in [1.82, 2.24) is 0 Å². The molecule has 0 aromatic carbocycles.